The summed E-state index contributed by atoms with van der Waals surface area (Å²) < 4.78 is 26.0. The van der Waals surface area contributed by atoms with Crippen molar-refractivity contribution in [2.45, 2.75) is 44.1 Å². The topological polar surface area (TPSA) is 26.0 Å². The van der Waals surface area contributed by atoms with Gasteiger partial charge in [0.1, 0.15) is 0 Å². The van der Waals surface area contributed by atoms with Crippen molar-refractivity contribution in [3.63, 3.8) is 0 Å². The lowest BCUT2D eigenvalue weighted by molar-refractivity contribution is -0.0382. The fraction of sp³-hybridized carbons (Fsp3) is 0.538. The quantitative estimate of drug-likeness (QED) is 0.819. The Morgan fingerprint density at radius 2 is 1.94 bits per heavy atom. The minimum atomic E-state index is -2.44. The van der Waals surface area contributed by atoms with Gasteiger partial charge < -0.3 is 5.73 Å². The van der Waals surface area contributed by atoms with Gasteiger partial charge in [-0.2, -0.15) is 0 Å². The Kier molecular flexibility index (Phi) is 3.24. The molecule has 1 aliphatic rings. The van der Waals surface area contributed by atoms with Crippen LogP contribution in [0.1, 0.15) is 42.7 Å². The van der Waals surface area contributed by atoms with Crippen LogP contribution in [-0.4, -0.2) is 5.92 Å². The molecule has 0 aliphatic heterocycles. The molecule has 16 heavy (non-hydrogen) atoms. The third-order valence-electron chi connectivity index (χ3n) is 3.38. The van der Waals surface area contributed by atoms with E-state index in [4.69, 9.17) is 5.73 Å². The highest BCUT2D eigenvalue weighted by Crippen LogP contribution is 2.40. The van der Waals surface area contributed by atoms with Gasteiger partial charge in [0.25, 0.3) is 0 Å². The molecule has 0 saturated heterocycles. The number of hydrogen-bond acceptors (Lipinski definition) is 1. The van der Waals surface area contributed by atoms with Crippen LogP contribution in [0, 0.1) is 0 Å². The summed E-state index contributed by atoms with van der Waals surface area (Å²) in [6.45, 7) is 0.511. The number of benzene rings is 1. The van der Waals surface area contributed by atoms with E-state index in [1.165, 1.54) is 5.56 Å². The number of alkyl halides is 2. The Labute approximate surface area is 94.7 Å². The fourth-order valence-corrected chi connectivity index (χ4v) is 2.35. The minimum absolute atomic E-state index is 0.0184. The maximum Gasteiger partial charge on any atom is 0.248 e. The SMILES string of the molecule is NCc1cccc(C2CCC(F)(F)CC2)c1. The molecule has 1 aromatic rings. The molecule has 88 valence electrons. The highest BCUT2D eigenvalue weighted by Gasteiger charge is 2.35. The van der Waals surface area contributed by atoms with Crippen molar-refractivity contribution in [2.75, 3.05) is 0 Å². The van der Waals surface area contributed by atoms with E-state index < -0.39 is 5.92 Å². The van der Waals surface area contributed by atoms with Crippen LogP contribution in [0.25, 0.3) is 0 Å². The van der Waals surface area contributed by atoms with Crippen molar-refractivity contribution in [2.24, 2.45) is 5.73 Å². The summed E-state index contributed by atoms with van der Waals surface area (Å²) in [5, 5.41) is 0. The van der Waals surface area contributed by atoms with Crippen LogP contribution in [0.5, 0.6) is 0 Å². The molecule has 3 heteroatoms. The van der Waals surface area contributed by atoms with Crippen LogP contribution in [0.3, 0.4) is 0 Å². The first-order valence-electron chi connectivity index (χ1n) is 5.77. The molecule has 0 heterocycles. The molecule has 1 nitrogen and oxygen atoms in total. The van der Waals surface area contributed by atoms with Crippen molar-refractivity contribution in [3.8, 4) is 0 Å². The third kappa shape index (κ3) is 2.59. The van der Waals surface area contributed by atoms with E-state index in [0.29, 0.717) is 19.4 Å². The van der Waals surface area contributed by atoms with E-state index in [-0.39, 0.29) is 18.8 Å². The summed E-state index contributed by atoms with van der Waals surface area (Å²) in [4.78, 5) is 0. The normalized spacial score (nSPS) is 20.9. The zero-order valence-electron chi connectivity index (χ0n) is 9.26. The monoisotopic (exact) mass is 225 g/mol. The molecule has 0 atom stereocenters. The molecule has 0 bridgehead atoms. The zero-order valence-corrected chi connectivity index (χ0v) is 9.26. The molecule has 0 radical (unpaired) electrons. The largest absolute Gasteiger partial charge is 0.326 e. The molecule has 2 N–H and O–H groups in total. The van der Waals surface area contributed by atoms with Crippen LogP contribution in [0.2, 0.25) is 0 Å². The van der Waals surface area contributed by atoms with Gasteiger partial charge in [-0.3, -0.25) is 0 Å². The van der Waals surface area contributed by atoms with Gasteiger partial charge in [0.05, 0.1) is 0 Å². The van der Waals surface area contributed by atoms with Crippen molar-refractivity contribution >= 4 is 0 Å². The predicted molar refractivity (Wildman–Crippen MR) is 60.5 cm³/mol. The van der Waals surface area contributed by atoms with E-state index in [1.807, 2.05) is 24.3 Å². The molecule has 0 amide bonds. The number of rotatable bonds is 2. The lowest BCUT2D eigenvalue weighted by Crippen LogP contribution is -2.23. The second-order valence-electron chi connectivity index (χ2n) is 4.58. The molecule has 1 aliphatic carbocycles. The van der Waals surface area contributed by atoms with Crippen molar-refractivity contribution in [1.29, 1.82) is 0 Å². The lowest BCUT2D eigenvalue weighted by Gasteiger charge is -2.28. The van der Waals surface area contributed by atoms with Crippen LogP contribution in [0.4, 0.5) is 8.78 Å². The van der Waals surface area contributed by atoms with Crippen molar-refractivity contribution < 1.29 is 8.78 Å². The maximum atomic E-state index is 13.0. The highest BCUT2D eigenvalue weighted by molar-refractivity contribution is 5.26. The standard InChI is InChI=1S/C13H17F2N/c14-13(15)6-4-11(5-7-13)12-3-1-2-10(8-12)9-16/h1-3,8,11H,4-7,9,16H2. The van der Waals surface area contributed by atoms with Gasteiger partial charge in [0, 0.05) is 19.4 Å². The smallest absolute Gasteiger partial charge is 0.248 e. The summed E-state index contributed by atoms with van der Waals surface area (Å²) in [6, 6.07) is 8.01. The minimum Gasteiger partial charge on any atom is -0.326 e. The fourth-order valence-electron chi connectivity index (χ4n) is 2.35. The van der Waals surface area contributed by atoms with Crippen LogP contribution in [0.15, 0.2) is 24.3 Å². The van der Waals surface area contributed by atoms with Gasteiger partial charge in [-0.05, 0) is 29.9 Å². The van der Waals surface area contributed by atoms with E-state index in [9.17, 15) is 8.78 Å². The van der Waals surface area contributed by atoms with E-state index >= 15 is 0 Å². The maximum absolute atomic E-state index is 13.0. The summed E-state index contributed by atoms with van der Waals surface area (Å²) in [5.41, 5.74) is 7.82. The molecule has 1 fully saturated rings. The van der Waals surface area contributed by atoms with Gasteiger partial charge in [0.2, 0.25) is 5.92 Å². The van der Waals surface area contributed by atoms with Gasteiger partial charge in [-0.25, -0.2) is 8.78 Å². The third-order valence-corrected chi connectivity index (χ3v) is 3.38. The first kappa shape index (κ1) is 11.5. The molecule has 0 spiro atoms. The molecule has 1 saturated carbocycles. The average Bonchev–Trinajstić information content (AvgIpc) is 2.29. The first-order chi connectivity index (χ1) is 7.61. The molecule has 0 aromatic heterocycles. The molecular weight excluding hydrogens is 208 g/mol. The van der Waals surface area contributed by atoms with Crippen LogP contribution < -0.4 is 5.73 Å². The predicted octanol–water partition coefficient (Wildman–Crippen LogP) is 3.44. The Morgan fingerprint density at radius 1 is 1.25 bits per heavy atom. The number of nitrogens with two attached hydrogens (primary N) is 1. The first-order valence-corrected chi connectivity index (χ1v) is 5.77. The number of halogens is 2. The highest BCUT2D eigenvalue weighted by atomic mass is 19.3. The Balaban J connectivity index is 2.08. The average molecular weight is 225 g/mol. The number of hydrogen-bond donors (Lipinski definition) is 1. The van der Waals surface area contributed by atoms with Crippen molar-refractivity contribution in [3.05, 3.63) is 35.4 Å². The van der Waals surface area contributed by atoms with Gasteiger partial charge in [-0.1, -0.05) is 24.3 Å². The zero-order chi connectivity index (χ0) is 11.6. The summed E-state index contributed by atoms with van der Waals surface area (Å²) in [7, 11) is 0. The second-order valence-corrected chi connectivity index (χ2v) is 4.58. The Morgan fingerprint density at radius 3 is 2.56 bits per heavy atom. The van der Waals surface area contributed by atoms with Gasteiger partial charge >= 0.3 is 0 Å². The summed E-state index contributed by atoms with van der Waals surface area (Å²) >= 11 is 0. The molecular formula is C13H17F2N. The molecule has 1 aromatic carbocycles. The van der Waals surface area contributed by atoms with E-state index in [0.717, 1.165) is 5.56 Å². The molecule has 0 unspecified atom stereocenters. The van der Waals surface area contributed by atoms with Crippen molar-refractivity contribution in [1.82, 2.24) is 0 Å². The van der Waals surface area contributed by atoms with E-state index in [1.54, 1.807) is 0 Å². The second kappa shape index (κ2) is 4.50. The summed E-state index contributed by atoms with van der Waals surface area (Å²) in [5.74, 6) is -2.16. The van der Waals surface area contributed by atoms with Crippen LogP contribution in [-0.2, 0) is 6.54 Å². The van der Waals surface area contributed by atoms with E-state index in [2.05, 4.69) is 0 Å². The molecule has 2 rings (SSSR count). The summed E-state index contributed by atoms with van der Waals surface area (Å²) in [6.07, 6.45) is 1.21. The van der Waals surface area contributed by atoms with Gasteiger partial charge in [-0.15, -0.1) is 0 Å². The Bertz CT molecular complexity index is 353. The van der Waals surface area contributed by atoms with Crippen LogP contribution >= 0.6 is 0 Å². The lowest BCUT2D eigenvalue weighted by atomic mass is 9.82. The Hall–Kier alpha value is -0.960. The van der Waals surface area contributed by atoms with Gasteiger partial charge in [0.15, 0.2) is 0 Å².